The molecule has 114 valence electrons. The molecule has 4 nitrogen and oxygen atoms in total. The van der Waals surface area contributed by atoms with Crippen LogP contribution in [0.5, 0.6) is 0 Å². The first-order chi connectivity index (χ1) is 10.4. The van der Waals surface area contributed by atoms with Crippen LogP contribution in [0.3, 0.4) is 0 Å². The number of ether oxygens (including phenoxy) is 1. The molecule has 1 N–H and O–H groups in total. The second kappa shape index (κ2) is 7.18. The Labute approximate surface area is 129 Å². The van der Waals surface area contributed by atoms with Crippen LogP contribution in [-0.2, 0) is 11.3 Å². The third-order valence-electron chi connectivity index (χ3n) is 3.91. The van der Waals surface area contributed by atoms with Crippen LogP contribution < -0.4 is 5.32 Å². The monoisotopic (exact) mass is 305 g/mol. The predicted molar refractivity (Wildman–Crippen MR) is 87.9 cm³/mol. The van der Waals surface area contributed by atoms with Crippen LogP contribution in [0.2, 0.25) is 0 Å². The van der Waals surface area contributed by atoms with Crippen molar-refractivity contribution in [2.75, 3.05) is 11.9 Å². The van der Waals surface area contributed by atoms with Gasteiger partial charge in [0.2, 0.25) is 0 Å². The Kier molecular flexibility index (Phi) is 5.04. The molecule has 2 aromatic rings. The standard InChI is InChI=1S/C16H23N3OS/c1-2-9-17-15-13-8-10-21-16(13)19-14(18-15)11-20-12-6-4-3-5-7-12/h8,10,12H,2-7,9,11H2,1H3,(H,17,18,19). The summed E-state index contributed by atoms with van der Waals surface area (Å²) in [4.78, 5) is 10.3. The van der Waals surface area contributed by atoms with E-state index in [0.29, 0.717) is 12.7 Å². The normalized spacial score (nSPS) is 16.4. The Bertz CT molecular complexity index is 578. The first kappa shape index (κ1) is 14.7. The number of rotatable bonds is 6. The first-order valence-corrected chi connectivity index (χ1v) is 8.84. The van der Waals surface area contributed by atoms with Crippen molar-refractivity contribution in [2.24, 2.45) is 0 Å². The summed E-state index contributed by atoms with van der Waals surface area (Å²) in [6.07, 6.45) is 7.78. The summed E-state index contributed by atoms with van der Waals surface area (Å²) in [6, 6.07) is 2.09. The van der Waals surface area contributed by atoms with Crippen molar-refractivity contribution in [3.8, 4) is 0 Å². The van der Waals surface area contributed by atoms with Crippen molar-refractivity contribution in [1.82, 2.24) is 9.97 Å². The van der Waals surface area contributed by atoms with Crippen molar-refractivity contribution in [2.45, 2.75) is 58.2 Å². The molecule has 0 atom stereocenters. The predicted octanol–water partition coefficient (Wildman–Crippen LogP) is 4.36. The van der Waals surface area contributed by atoms with Gasteiger partial charge >= 0.3 is 0 Å². The Balaban J connectivity index is 1.71. The molecule has 3 rings (SSSR count). The van der Waals surface area contributed by atoms with E-state index in [1.807, 2.05) is 0 Å². The van der Waals surface area contributed by atoms with E-state index in [2.05, 4.69) is 33.7 Å². The molecule has 2 aromatic heterocycles. The average Bonchev–Trinajstić information content (AvgIpc) is 3.00. The molecule has 0 saturated heterocycles. The van der Waals surface area contributed by atoms with E-state index in [-0.39, 0.29) is 0 Å². The quantitative estimate of drug-likeness (QED) is 0.861. The molecule has 0 unspecified atom stereocenters. The summed E-state index contributed by atoms with van der Waals surface area (Å²) in [5.41, 5.74) is 0. The number of nitrogens with zero attached hydrogens (tertiary/aromatic N) is 2. The van der Waals surface area contributed by atoms with Gasteiger partial charge in [0.25, 0.3) is 0 Å². The fraction of sp³-hybridized carbons (Fsp3) is 0.625. The van der Waals surface area contributed by atoms with Gasteiger partial charge in [-0.05, 0) is 30.7 Å². The molecule has 0 radical (unpaired) electrons. The number of hydrogen-bond donors (Lipinski definition) is 1. The zero-order valence-electron chi connectivity index (χ0n) is 12.6. The van der Waals surface area contributed by atoms with Gasteiger partial charge in [-0.25, -0.2) is 9.97 Å². The number of fused-ring (bicyclic) bond motifs is 1. The molecule has 0 aliphatic heterocycles. The van der Waals surface area contributed by atoms with E-state index in [1.54, 1.807) is 11.3 Å². The van der Waals surface area contributed by atoms with Gasteiger partial charge in [-0.2, -0.15) is 0 Å². The SMILES string of the molecule is CCCNc1nc(COC2CCCCC2)nc2sccc12. The molecule has 0 aromatic carbocycles. The van der Waals surface area contributed by atoms with E-state index < -0.39 is 0 Å². The highest BCUT2D eigenvalue weighted by molar-refractivity contribution is 7.16. The van der Waals surface area contributed by atoms with Gasteiger partial charge in [-0.15, -0.1) is 11.3 Å². The molecule has 0 amide bonds. The van der Waals surface area contributed by atoms with E-state index >= 15 is 0 Å². The summed E-state index contributed by atoms with van der Waals surface area (Å²) < 4.78 is 6.01. The molecule has 5 heteroatoms. The van der Waals surface area contributed by atoms with Gasteiger partial charge in [0.05, 0.1) is 11.5 Å². The van der Waals surface area contributed by atoms with Gasteiger partial charge in [0, 0.05) is 6.54 Å². The highest BCUT2D eigenvalue weighted by Gasteiger charge is 2.15. The fourth-order valence-corrected chi connectivity index (χ4v) is 3.55. The lowest BCUT2D eigenvalue weighted by molar-refractivity contribution is 0.0137. The maximum Gasteiger partial charge on any atom is 0.158 e. The number of anilines is 1. The van der Waals surface area contributed by atoms with Crippen LogP contribution in [-0.4, -0.2) is 22.6 Å². The molecule has 1 aliphatic rings. The largest absolute Gasteiger partial charge is 0.370 e. The molecule has 0 bridgehead atoms. The van der Waals surface area contributed by atoms with Gasteiger partial charge in [0.15, 0.2) is 5.82 Å². The lowest BCUT2D eigenvalue weighted by atomic mass is 9.98. The Morgan fingerprint density at radius 3 is 2.95 bits per heavy atom. The number of aromatic nitrogens is 2. The minimum Gasteiger partial charge on any atom is -0.370 e. The Morgan fingerprint density at radius 1 is 1.29 bits per heavy atom. The summed E-state index contributed by atoms with van der Waals surface area (Å²) >= 11 is 1.66. The van der Waals surface area contributed by atoms with Crippen LogP contribution in [0.4, 0.5) is 5.82 Å². The van der Waals surface area contributed by atoms with E-state index in [9.17, 15) is 0 Å². The summed E-state index contributed by atoms with van der Waals surface area (Å²) in [7, 11) is 0. The fourth-order valence-electron chi connectivity index (χ4n) is 2.77. The topological polar surface area (TPSA) is 47.0 Å². The zero-order chi connectivity index (χ0) is 14.5. The van der Waals surface area contributed by atoms with E-state index in [0.717, 1.165) is 34.8 Å². The molecule has 0 spiro atoms. The zero-order valence-corrected chi connectivity index (χ0v) is 13.4. The van der Waals surface area contributed by atoms with Gasteiger partial charge in [-0.3, -0.25) is 0 Å². The van der Waals surface area contributed by atoms with Crippen molar-refractivity contribution in [3.63, 3.8) is 0 Å². The lowest BCUT2D eigenvalue weighted by Gasteiger charge is -2.21. The van der Waals surface area contributed by atoms with E-state index in [1.165, 1.54) is 32.1 Å². The molecule has 1 saturated carbocycles. The molecular weight excluding hydrogens is 282 g/mol. The maximum absolute atomic E-state index is 6.01. The second-order valence-electron chi connectivity index (χ2n) is 5.63. The van der Waals surface area contributed by atoms with Crippen molar-refractivity contribution in [3.05, 3.63) is 17.3 Å². The Hall–Kier alpha value is -1.20. The highest BCUT2D eigenvalue weighted by Crippen LogP contribution is 2.26. The van der Waals surface area contributed by atoms with Gasteiger partial charge in [-0.1, -0.05) is 26.2 Å². The van der Waals surface area contributed by atoms with Gasteiger partial charge < -0.3 is 10.1 Å². The van der Waals surface area contributed by atoms with E-state index in [4.69, 9.17) is 4.74 Å². The first-order valence-electron chi connectivity index (χ1n) is 7.96. The van der Waals surface area contributed by atoms with Crippen LogP contribution in [0.25, 0.3) is 10.2 Å². The molecule has 21 heavy (non-hydrogen) atoms. The molecule has 2 heterocycles. The molecule has 1 aliphatic carbocycles. The highest BCUT2D eigenvalue weighted by atomic mass is 32.1. The van der Waals surface area contributed by atoms with Crippen LogP contribution in [0.15, 0.2) is 11.4 Å². The third kappa shape index (κ3) is 3.71. The third-order valence-corrected chi connectivity index (χ3v) is 4.72. The minimum absolute atomic E-state index is 0.397. The van der Waals surface area contributed by atoms with Crippen LogP contribution >= 0.6 is 11.3 Å². The number of nitrogens with one attached hydrogen (secondary N) is 1. The summed E-state index contributed by atoms with van der Waals surface area (Å²) in [6.45, 7) is 3.62. The number of thiophene rings is 1. The smallest absolute Gasteiger partial charge is 0.158 e. The second-order valence-corrected chi connectivity index (χ2v) is 6.52. The van der Waals surface area contributed by atoms with Crippen molar-refractivity contribution < 1.29 is 4.74 Å². The van der Waals surface area contributed by atoms with Crippen LogP contribution in [0, 0.1) is 0 Å². The number of hydrogen-bond acceptors (Lipinski definition) is 5. The molecule has 1 fully saturated rings. The van der Waals surface area contributed by atoms with Gasteiger partial charge in [0.1, 0.15) is 17.3 Å². The van der Waals surface area contributed by atoms with Crippen molar-refractivity contribution >= 4 is 27.4 Å². The summed E-state index contributed by atoms with van der Waals surface area (Å²) in [5.74, 6) is 1.75. The average molecular weight is 305 g/mol. The maximum atomic E-state index is 6.01. The minimum atomic E-state index is 0.397. The van der Waals surface area contributed by atoms with Crippen LogP contribution in [0.1, 0.15) is 51.3 Å². The van der Waals surface area contributed by atoms with Crippen molar-refractivity contribution in [1.29, 1.82) is 0 Å². The molecular formula is C16H23N3OS. The lowest BCUT2D eigenvalue weighted by Crippen LogP contribution is -2.17. The summed E-state index contributed by atoms with van der Waals surface area (Å²) in [5, 5.41) is 6.59. The Morgan fingerprint density at radius 2 is 2.14 bits per heavy atom.